The number of benzene rings is 1. The van der Waals surface area contributed by atoms with Crippen molar-refractivity contribution in [1.29, 1.82) is 0 Å². The molecule has 3 rings (SSSR count). The topological polar surface area (TPSA) is 29.0 Å². The quantitative estimate of drug-likeness (QED) is 0.791. The van der Waals surface area contributed by atoms with Crippen LogP contribution < -0.4 is 4.90 Å². The molecule has 3 nitrogen and oxygen atoms in total. The summed E-state index contributed by atoms with van der Waals surface area (Å²) in [7, 11) is 0. The lowest BCUT2D eigenvalue weighted by molar-refractivity contribution is -0.142. The maximum atomic E-state index is 13.0. The summed E-state index contributed by atoms with van der Waals surface area (Å²) in [5.74, 6) is 0.339. The van der Waals surface area contributed by atoms with Gasteiger partial charge in [-0.2, -0.15) is 13.2 Å². The van der Waals surface area contributed by atoms with Crippen molar-refractivity contribution in [1.82, 2.24) is 9.97 Å². The Balaban J connectivity index is 1.98. The Hall–Kier alpha value is -1.63. The van der Waals surface area contributed by atoms with E-state index in [0.717, 1.165) is 12.0 Å². The van der Waals surface area contributed by atoms with Gasteiger partial charge >= 0.3 is 6.18 Å². The predicted octanol–water partition coefficient (Wildman–Crippen LogP) is 4.21. The molecule has 116 valence electrons. The fourth-order valence-corrected chi connectivity index (χ4v) is 3.07. The summed E-state index contributed by atoms with van der Waals surface area (Å²) >= 11 is 2.89. The molecule has 0 spiro atoms. The van der Waals surface area contributed by atoms with Crippen molar-refractivity contribution in [3.8, 4) is 0 Å². The van der Waals surface area contributed by atoms with Crippen molar-refractivity contribution in [3.05, 3.63) is 51.9 Å². The van der Waals surface area contributed by atoms with E-state index in [1.807, 2.05) is 35.2 Å². The van der Waals surface area contributed by atoms with Gasteiger partial charge in [-0.25, -0.2) is 9.97 Å². The van der Waals surface area contributed by atoms with Crippen LogP contribution in [0.3, 0.4) is 0 Å². The van der Waals surface area contributed by atoms with Gasteiger partial charge in [-0.1, -0.05) is 30.3 Å². The number of alkyl halides is 3. The van der Waals surface area contributed by atoms with Crippen LogP contribution in [0.1, 0.15) is 23.4 Å². The molecule has 1 aromatic carbocycles. The number of fused-ring (bicyclic) bond motifs is 1. The van der Waals surface area contributed by atoms with Gasteiger partial charge in [0.05, 0.1) is 5.69 Å². The molecular weight excluding hydrogens is 359 g/mol. The number of aryl methyl sites for hydroxylation is 1. The molecule has 1 aliphatic heterocycles. The van der Waals surface area contributed by atoms with Crippen LogP contribution in [-0.2, 0) is 19.1 Å². The van der Waals surface area contributed by atoms with Crippen LogP contribution in [0.4, 0.5) is 19.0 Å². The first-order valence-corrected chi connectivity index (χ1v) is 7.67. The van der Waals surface area contributed by atoms with Crippen molar-refractivity contribution in [2.75, 3.05) is 11.4 Å². The number of rotatable bonds is 2. The Kier molecular flexibility index (Phi) is 4.08. The number of halogens is 4. The molecule has 1 aromatic heterocycles. The number of nitrogens with zero attached hydrogens (tertiary/aromatic N) is 3. The van der Waals surface area contributed by atoms with Gasteiger partial charge in [0.1, 0.15) is 4.60 Å². The second-order valence-electron chi connectivity index (χ2n) is 5.14. The average Bonchev–Trinajstić information content (AvgIpc) is 2.46. The summed E-state index contributed by atoms with van der Waals surface area (Å²) in [4.78, 5) is 9.78. The van der Waals surface area contributed by atoms with E-state index in [-0.39, 0.29) is 4.60 Å². The Labute approximate surface area is 134 Å². The first-order chi connectivity index (χ1) is 10.4. The second-order valence-corrected chi connectivity index (χ2v) is 5.89. The smallest absolute Gasteiger partial charge is 0.351 e. The SMILES string of the molecule is FC(F)(F)c1nc2c(nc1Br)CCCN2Cc1ccccc1. The third-order valence-electron chi connectivity index (χ3n) is 3.53. The highest BCUT2D eigenvalue weighted by Gasteiger charge is 2.38. The molecular formula is C15H13BrF3N3. The minimum atomic E-state index is -4.52. The number of hydrogen-bond acceptors (Lipinski definition) is 3. The first-order valence-electron chi connectivity index (χ1n) is 6.87. The van der Waals surface area contributed by atoms with Gasteiger partial charge in [0, 0.05) is 13.1 Å². The molecule has 1 aliphatic rings. The predicted molar refractivity (Wildman–Crippen MR) is 80.5 cm³/mol. The van der Waals surface area contributed by atoms with Gasteiger partial charge in [0.15, 0.2) is 11.5 Å². The number of aromatic nitrogens is 2. The minimum Gasteiger partial charge on any atom is -0.351 e. The lowest BCUT2D eigenvalue weighted by atomic mass is 10.1. The van der Waals surface area contributed by atoms with Crippen molar-refractivity contribution < 1.29 is 13.2 Å². The molecule has 0 saturated carbocycles. The lowest BCUT2D eigenvalue weighted by Gasteiger charge is -2.30. The third-order valence-corrected chi connectivity index (χ3v) is 4.08. The zero-order valence-electron chi connectivity index (χ0n) is 11.6. The van der Waals surface area contributed by atoms with Gasteiger partial charge in [-0.05, 0) is 34.3 Å². The van der Waals surface area contributed by atoms with Crippen LogP contribution >= 0.6 is 15.9 Å². The Morgan fingerprint density at radius 3 is 2.55 bits per heavy atom. The number of anilines is 1. The van der Waals surface area contributed by atoms with E-state index < -0.39 is 11.9 Å². The minimum absolute atomic E-state index is 0.236. The van der Waals surface area contributed by atoms with Crippen molar-refractivity contribution >= 4 is 21.7 Å². The molecule has 0 saturated heterocycles. The fourth-order valence-electron chi connectivity index (χ4n) is 2.54. The van der Waals surface area contributed by atoms with E-state index in [2.05, 4.69) is 25.9 Å². The van der Waals surface area contributed by atoms with Crippen LogP contribution in [0.15, 0.2) is 34.9 Å². The van der Waals surface area contributed by atoms with Crippen LogP contribution in [0.2, 0.25) is 0 Å². The summed E-state index contributed by atoms with van der Waals surface area (Å²) in [5.41, 5.74) is 0.682. The Morgan fingerprint density at radius 1 is 1.14 bits per heavy atom. The zero-order valence-corrected chi connectivity index (χ0v) is 13.2. The highest BCUT2D eigenvalue weighted by Crippen LogP contribution is 2.36. The second kappa shape index (κ2) is 5.87. The van der Waals surface area contributed by atoms with Crippen LogP contribution in [-0.4, -0.2) is 16.5 Å². The van der Waals surface area contributed by atoms with Crippen LogP contribution in [0.25, 0.3) is 0 Å². The van der Waals surface area contributed by atoms with Crippen molar-refractivity contribution in [2.45, 2.75) is 25.6 Å². The molecule has 0 aliphatic carbocycles. The normalized spacial score (nSPS) is 14.8. The van der Waals surface area contributed by atoms with E-state index in [1.54, 1.807) is 0 Å². The first kappa shape index (κ1) is 15.3. The molecule has 0 fully saturated rings. The highest BCUT2D eigenvalue weighted by molar-refractivity contribution is 9.10. The maximum Gasteiger partial charge on any atom is 0.436 e. The largest absolute Gasteiger partial charge is 0.436 e. The third kappa shape index (κ3) is 3.09. The summed E-state index contributed by atoms with van der Waals surface area (Å²) in [6.45, 7) is 1.21. The van der Waals surface area contributed by atoms with Crippen molar-refractivity contribution in [2.24, 2.45) is 0 Å². The molecule has 0 unspecified atom stereocenters. The van der Waals surface area contributed by atoms with E-state index >= 15 is 0 Å². The highest BCUT2D eigenvalue weighted by atomic mass is 79.9. The van der Waals surface area contributed by atoms with Gasteiger partial charge in [0.2, 0.25) is 0 Å². The molecule has 0 atom stereocenters. The van der Waals surface area contributed by atoms with Gasteiger partial charge in [0.25, 0.3) is 0 Å². The molecule has 2 heterocycles. The maximum absolute atomic E-state index is 13.0. The van der Waals surface area contributed by atoms with E-state index in [9.17, 15) is 13.2 Å². The summed E-state index contributed by atoms with van der Waals surface area (Å²) in [6, 6.07) is 9.63. The van der Waals surface area contributed by atoms with E-state index in [4.69, 9.17) is 0 Å². The summed E-state index contributed by atoms with van der Waals surface area (Å²) < 4.78 is 38.8. The molecule has 0 bridgehead atoms. The zero-order chi connectivity index (χ0) is 15.7. The van der Waals surface area contributed by atoms with Gasteiger partial charge in [-0.15, -0.1) is 0 Å². The number of hydrogen-bond donors (Lipinski definition) is 0. The monoisotopic (exact) mass is 371 g/mol. The Morgan fingerprint density at radius 2 is 1.86 bits per heavy atom. The summed E-state index contributed by atoms with van der Waals surface area (Å²) in [6.07, 6.45) is -3.02. The fraction of sp³-hybridized carbons (Fsp3) is 0.333. The Bertz CT molecular complexity index is 674. The molecule has 7 heteroatoms. The van der Waals surface area contributed by atoms with Gasteiger partial charge in [-0.3, -0.25) is 0 Å². The van der Waals surface area contributed by atoms with Crippen LogP contribution in [0.5, 0.6) is 0 Å². The summed E-state index contributed by atoms with van der Waals surface area (Å²) in [5, 5.41) is 0. The van der Waals surface area contributed by atoms with Gasteiger partial charge < -0.3 is 4.90 Å². The lowest BCUT2D eigenvalue weighted by Crippen LogP contribution is -2.31. The molecule has 0 radical (unpaired) electrons. The molecule has 0 amide bonds. The van der Waals surface area contributed by atoms with Crippen LogP contribution in [0, 0.1) is 0 Å². The average molecular weight is 372 g/mol. The molecule has 22 heavy (non-hydrogen) atoms. The van der Waals surface area contributed by atoms with E-state index in [1.165, 1.54) is 0 Å². The molecule has 2 aromatic rings. The molecule has 0 N–H and O–H groups in total. The van der Waals surface area contributed by atoms with E-state index in [0.29, 0.717) is 31.0 Å². The standard InChI is InChI=1S/C15H13BrF3N3/c16-13-12(15(17,18)19)21-14-11(20-13)7-4-8-22(14)9-10-5-2-1-3-6-10/h1-3,5-6H,4,7-9H2. The van der Waals surface area contributed by atoms with Crippen molar-refractivity contribution in [3.63, 3.8) is 0 Å².